The molecule has 7 heteroatoms. The van der Waals surface area contributed by atoms with Gasteiger partial charge in [0.1, 0.15) is 0 Å². The molecular weight excluding hydrogens is 328 g/mol. The van der Waals surface area contributed by atoms with Gasteiger partial charge in [0.05, 0.1) is 5.69 Å². The van der Waals surface area contributed by atoms with Gasteiger partial charge in [-0.3, -0.25) is 10.1 Å². The Morgan fingerprint density at radius 2 is 1.85 bits per heavy atom. The Hall–Kier alpha value is -2.57. The summed E-state index contributed by atoms with van der Waals surface area (Å²) in [5, 5.41) is 3.03. The molecule has 0 aromatic carbocycles. The fourth-order valence-electron chi connectivity index (χ4n) is 3.94. The molecule has 1 amide bonds. The van der Waals surface area contributed by atoms with Crippen molar-refractivity contribution >= 4 is 17.8 Å². The molecule has 0 bridgehead atoms. The Kier molecular flexibility index (Phi) is 5.04. The molecule has 2 fully saturated rings. The summed E-state index contributed by atoms with van der Waals surface area (Å²) in [6.07, 6.45) is 11.7. The van der Waals surface area contributed by atoms with Crippen LogP contribution in [0.1, 0.15) is 50.1 Å². The van der Waals surface area contributed by atoms with Gasteiger partial charge in [-0.25, -0.2) is 19.9 Å². The molecule has 4 rings (SSSR count). The van der Waals surface area contributed by atoms with E-state index in [0.717, 1.165) is 25.2 Å². The smallest absolute Gasteiger partial charge is 0.229 e. The number of carbonyl (C=O) groups is 1. The quantitative estimate of drug-likeness (QED) is 0.891. The number of hydrogen-bond acceptors (Lipinski definition) is 6. The molecule has 0 spiro atoms. The number of aromatic nitrogens is 4. The molecule has 2 aromatic rings. The summed E-state index contributed by atoms with van der Waals surface area (Å²) in [7, 11) is 0. The number of likely N-dealkylation sites (tertiary alicyclic amines) is 1. The van der Waals surface area contributed by atoms with E-state index in [1.54, 1.807) is 24.7 Å². The van der Waals surface area contributed by atoms with Crippen molar-refractivity contribution in [3.05, 3.63) is 36.4 Å². The van der Waals surface area contributed by atoms with E-state index in [1.165, 1.54) is 25.7 Å². The minimum Gasteiger partial charge on any atom is -0.342 e. The third-order valence-electron chi connectivity index (χ3n) is 5.36. The maximum absolute atomic E-state index is 12.6. The van der Waals surface area contributed by atoms with Gasteiger partial charge in [-0.2, -0.15) is 0 Å². The summed E-state index contributed by atoms with van der Waals surface area (Å²) in [4.78, 5) is 31.7. The van der Waals surface area contributed by atoms with Crippen LogP contribution in [0.5, 0.6) is 0 Å². The van der Waals surface area contributed by atoms with Crippen LogP contribution in [-0.4, -0.2) is 43.8 Å². The number of anilines is 2. The predicted molar refractivity (Wildman–Crippen MR) is 97.9 cm³/mol. The van der Waals surface area contributed by atoms with E-state index in [9.17, 15) is 4.79 Å². The zero-order valence-electron chi connectivity index (χ0n) is 14.8. The Labute approximate surface area is 153 Å². The van der Waals surface area contributed by atoms with E-state index in [-0.39, 0.29) is 5.92 Å². The zero-order chi connectivity index (χ0) is 17.8. The molecule has 3 heterocycles. The van der Waals surface area contributed by atoms with Gasteiger partial charge in [0.2, 0.25) is 17.8 Å². The van der Waals surface area contributed by atoms with E-state index in [4.69, 9.17) is 0 Å². The van der Waals surface area contributed by atoms with Crippen molar-refractivity contribution in [2.24, 2.45) is 5.92 Å². The normalized spacial score (nSPS) is 20.5. The van der Waals surface area contributed by atoms with E-state index < -0.39 is 0 Å². The highest BCUT2D eigenvalue weighted by molar-refractivity contribution is 5.76. The largest absolute Gasteiger partial charge is 0.342 e. The summed E-state index contributed by atoms with van der Waals surface area (Å²) < 4.78 is 0. The van der Waals surface area contributed by atoms with Gasteiger partial charge in [-0.15, -0.1) is 0 Å². The highest BCUT2D eigenvalue weighted by Gasteiger charge is 2.30. The van der Waals surface area contributed by atoms with Crippen LogP contribution in [0.25, 0.3) is 0 Å². The third kappa shape index (κ3) is 3.98. The Morgan fingerprint density at radius 1 is 1.08 bits per heavy atom. The Balaban J connectivity index is 1.37. The topological polar surface area (TPSA) is 83.9 Å². The summed E-state index contributed by atoms with van der Waals surface area (Å²) in [5.41, 5.74) is 0.967. The summed E-state index contributed by atoms with van der Waals surface area (Å²) in [6.45, 7) is 1.58. The molecule has 2 aromatic heterocycles. The molecule has 1 aliphatic heterocycles. The van der Waals surface area contributed by atoms with Crippen molar-refractivity contribution in [2.75, 3.05) is 18.4 Å². The lowest BCUT2D eigenvalue weighted by atomic mass is 10.0. The lowest BCUT2D eigenvalue weighted by Gasteiger charge is -2.18. The molecular formula is C19H24N6O. The molecule has 0 radical (unpaired) electrons. The Bertz CT molecular complexity index is 747. The van der Waals surface area contributed by atoms with Crippen molar-refractivity contribution in [1.29, 1.82) is 0 Å². The maximum atomic E-state index is 12.6. The second-order valence-corrected chi connectivity index (χ2v) is 7.18. The molecule has 2 aliphatic rings. The second-order valence-electron chi connectivity index (χ2n) is 7.18. The second kappa shape index (κ2) is 7.76. The number of hydrogen-bond donors (Lipinski definition) is 1. The average molecular weight is 352 g/mol. The number of carbonyl (C=O) groups excluding carboxylic acids is 1. The van der Waals surface area contributed by atoms with Crippen LogP contribution in [0, 0.1) is 5.92 Å². The van der Waals surface area contributed by atoms with Crippen molar-refractivity contribution < 1.29 is 4.79 Å². The van der Waals surface area contributed by atoms with Crippen LogP contribution in [0.4, 0.5) is 11.9 Å². The van der Waals surface area contributed by atoms with Crippen LogP contribution in [0.2, 0.25) is 0 Å². The van der Waals surface area contributed by atoms with E-state index in [1.807, 2.05) is 11.0 Å². The molecule has 136 valence electrons. The molecule has 0 unspecified atom stereocenters. The molecule has 1 N–H and O–H groups in total. The molecule has 26 heavy (non-hydrogen) atoms. The number of nitrogens with one attached hydrogen (secondary N) is 1. The first-order chi connectivity index (χ1) is 12.8. The summed E-state index contributed by atoms with van der Waals surface area (Å²) in [6, 6.07) is 3.70. The first-order valence-electron chi connectivity index (χ1n) is 9.42. The van der Waals surface area contributed by atoms with Crippen LogP contribution in [-0.2, 0) is 4.79 Å². The third-order valence-corrected chi connectivity index (χ3v) is 5.36. The van der Waals surface area contributed by atoms with E-state index >= 15 is 0 Å². The van der Waals surface area contributed by atoms with Crippen LogP contribution in [0.3, 0.4) is 0 Å². The van der Waals surface area contributed by atoms with Gasteiger partial charge in [0, 0.05) is 44.0 Å². The molecule has 1 saturated heterocycles. The maximum Gasteiger partial charge on any atom is 0.229 e. The minimum atomic E-state index is 0.266. The highest BCUT2D eigenvalue weighted by atomic mass is 16.2. The molecule has 1 atom stereocenters. The Morgan fingerprint density at radius 3 is 2.65 bits per heavy atom. The number of amides is 1. The van der Waals surface area contributed by atoms with Crippen molar-refractivity contribution in [1.82, 2.24) is 24.8 Å². The van der Waals surface area contributed by atoms with Crippen LogP contribution < -0.4 is 5.32 Å². The van der Waals surface area contributed by atoms with Crippen molar-refractivity contribution in [3.8, 4) is 0 Å². The lowest BCUT2D eigenvalue weighted by Crippen LogP contribution is -2.29. The van der Waals surface area contributed by atoms with Gasteiger partial charge in [-0.05, 0) is 37.3 Å². The fourth-order valence-corrected chi connectivity index (χ4v) is 3.94. The van der Waals surface area contributed by atoms with Crippen molar-refractivity contribution in [2.45, 2.75) is 44.4 Å². The van der Waals surface area contributed by atoms with E-state index in [0.29, 0.717) is 30.1 Å². The predicted octanol–water partition coefficient (Wildman–Crippen LogP) is 2.91. The molecule has 1 saturated carbocycles. The summed E-state index contributed by atoms with van der Waals surface area (Å²) >= 11 is 0. The van der Waals surface area contributed by atoms with Crippen LogP contribution in [0.15, 0.2) is 30.7 Å². The van der Waals surface area contributed by atoms with Gasteiger partial charge in [-0.1, -0.05) is 12.8 Å². The van der Waals surface area contributed by atoms with E-state index in [2.05, 4.69) is 25.3 Å². The molecule has 1 aliphatic carbocycles. The SMILES string of the molecule is O=C(CC1CCCC1)N1CC[C@H](c2ccnc(Nc3ncccn3)n2)C1. The van der Waals surface area contributed by atoms with Gasteiger partial charge in [0.25, 0.3) is 0 Å². The average Bonchev–Trinajstić information content (AvgIpc) is 3.35. The summed E-state index contributed by atoms with van der Waals surface area (Å²) in [5.74, 6) is 2.14. The standard InChI is InChI=1S/C19H24N6O/c26-17(12-14-4-1-2-5-14)25-11-7-15(13-25)16-6-10-22-19(23-16)24-18-20-8-3-9-21-18/h3,6,8-10,14-15H,1-2,4-5,7,11-13H2,(H,20,21,22,23,24)/t15-/m0/s1. The van der Waals surface area contributed by atoms with Gasteiger partial charge < -0.3 is 4.90 Å². The minimum absolute atomic E-state index is 0.266. The fraction of sp³-hybridized carbons (Fsp3) is 0.526. The zero-order valence-corrected chi connectivity index (χ0v) is 14.8. The monoisotopic (exact) mass is 352 g/mol. The first-order valence-corrected chi connectivity index (χ1v) is 9.42. The number of rotatable bonds is 5. The molecule has 7 nitrogen and oxygen atoms in total. The number of nitrogens with zero attached hydrogens (tertiary/aromatic N) is 5. The first kappa shape index (κ1) is 16.9. The van der Waals surface area contributed by atoms with Crippen LogP contribution >= 0.6 is 0 Å². The van der Waals surface area contributed by atoms with Crippen molar-refractivity contribution in [3.63, 3.8) is 0 Å². The highest BCUT2D eigenvalue weighted by Crippen LogP contribution is 2.31. The van der Waals surface area contributed by atoms with Gasteiger partial charge in [0.15, 0.2) is 0 Å². The van der Waals surface area contributed by atoms with Gasteiger partial charge >= 0.3 is 0 Å². The lowest BCUT2D eigenvalue weighted by molar-refractivity contribution is -0.131.